The molecule has 94 valence electrons. The zero-order valence-corrected chi connectivity index (χ0v) is 10.0. The lowest BCUT2D eigenvalue weighted by Crippen LogP contribution is -2.19. The Kier molecular flexibility index (Phi) is 4.69. The predicted molar refractivity (Wildman–Crippen MR) is 65.2 cm³/mol. The van der Waals surface area contributed by atoms with Crippen molar-refractivity contribution in [2.24, 2.45) is 0 Å². The van der Waals surface area contributed by atoms with Gasteiger partial charge >= 0.3 is 0 Å². The number of methoxy groups -OCH3 is 1. The van der Waals surface area contributed by atoms with Crippen LogP contribution in [0.1, 0.15) is 12.5 Å². The van der Waals surface area contributed by atoms with E-state index in [1.807, 2.05) is 0 Å². The number of rotatable bonds is 3. The molecule has 0 bridgehead atoms. The van der Waals surface area contributed by atoms with Gasteiger partial charge in [0.15, 0.2) is 0 Å². The molecule has 0 saturated heterocycles. The third-order valence-corrected chi connectivity index (χ3v) is 2.04. The highest BCUT2D eigenvalue weighted by molar-refractivity contribution is 5.73. The Morgan fingerprint density at radius 3 is 2.83 bits per heavy atom. The van der Waals surface area contributed by atoms with Crippen molar-refractivity contribution in [1.82, 2.24) is 5.32 Å². The van der Waals surface area contributed by atoms with Crippen LogP contribution in [0.15, 0.2) is 18.2 Å². The third-order valence-electron chi connectivity index (χ3n) is 2.04. The Hall–Kier alpha value is -2.55. The summed E-state index contributed by atoms with van der Waals surface area (Å²) in [7, 11) is 1.46. The van der Waals surface area contributed by atoms with Gasteiger partial charge in [0.2, 0.25) is 5.91 Å². The molecule has 1 aromatic rings. The number of carbonyl (C=O) groups is 1. The standard InChI is InChI=1S/C12H12N2O4/c1-9(15)13-7-3-4-10-8-11(14(16)17)5-6-12(10)18-2/h5-6,8H,7H2,1-2H3,(H,13,15). The predicted octanol–water partition coefficient (Wildman–Crippen LogP) is 1.09. The van der Waals surface area contributed by atoms with Crippen molar-refractivity contribution < 1.29 is 14.5 Å². The first-order valence-corrected chi connectivity index (χ1v) is 5.10. The number of hydrogen-bond donors (Lipinski definition) is 1. The molecule has 0 aliphatic carbocycles. The fourth-order valence-electron chi connectivity index (χ4n) is 1.22. The van der Waals surface area contributed by atoms with E-state index in [4.69, 9.17) is 4.74 Å². The fraction of sp³-hybridized carbons (Fsp3) is 0.250. The van der Waals surface area contributed by atoms with E-state index < -0.39 is 4.92 Å². The zero-order valence-electron chi connectivity index (χ0n) is 10.0. The minimum atomic E-state index is -0.502. The summed E-state index contributed by atoms with van der Waals surface area (Å²) < 4.78 is 5.05. The summed E-state index contributed by atoms with van der Waals surface area (Å²) in [5, 5.41) is 13.1. The molecule has 1 rings (SSSR count). The number of benzene rings is 1. The first-order valence-electron chi connectivity index (χ1n) is 5.10. The van der Waals surface area contributed by atoms with Gasteiger partial charge in [0.25, 0.3) is 5.69 Å². The Bertz CT molecular complexity index is 529. The normalized spacial score (nSPS) is 9.00. The Balaban J connectivity index is 2.94. The molecule has 0 unspecified atom stereocenters. The van der Waals surface area contributed by atoms with Crippen LogP contribution in [0.4, 0.5) is 5.69 Å². The molecule has 0 atom stereocenters. The summed E-state index contributed by atoms with van der Waals surface area (Å²) in [6.07, 6.45) is 0. The lowest BCUT2D eigenvalue weighted by atomic mass is 10.2. The van der Waals surface area contributed by atoms with Gasteiger partial charge < -0.3 is 10.1 Å². The number of non-ortho nitro benzene ring substituents is 1. The topological polar surface area (TPSA) is 81.5 Å². The monoisotopic (exact) mass is 248 g/mol. The van der Waals surface area contributed by atoms with Crippen LogP contribution in [0, 0.1) is 22.0 Å². The fourth-order valence-corrected chi connectivity index (χ4v) is 1.22. The molecule has 0 heterocycles. The van der Waals surface area contributed by atoms with Crippen LogP contribution in [0.2, 0.25) is 0 Å². The molecule has 1 N–H and O–H groups in total. The molecule has 0 saturated carbocycles. The van der Waals surface area contributed by atoms with Crippen molar-refractivity contribution in [1.29, 1.82) is 0 Å². The summed E-state index contributed by atoms with van der Waals surface area (Å²) in [5.74, 6) is 5.68. The highest BCUT2D eigenvalue weighted by atomic mass is 16.6. The number of nitro benzene ring substituents is 1. The summed E-state index contributed by atoms with van der Waals surface area (Å²) in [4.78, 5) is 20.8. The average molecular weight is 248 g/mol. The summed E-state index contributed by atoms with van der Waals surface area (Å²) in [6, 6.07) is 4.16. The molecule has 18 heavy (non-hydrogen) atoms. The van der Waals surface area contributed by atoms with Crippen molar-refractivity contribution in [3.8, 4) is 17.6 Å². The van der Waals surface area contributed by atoms with E-state index in [-0.39, 0.29) is 18.1 Å². The first-order chi connectivity index (χ1) is 8.54. The van der Waals surface area contributed by atoms with Crippen molar-refractivity contribution in [2.45, 2.75) is 6.92 Å². The second-order valence-corrected chi connectivity index (χ2v) is 3.35. The molecular weight excluding hydrogens is 236 g/mol. The van der Waals surface area contributed by atoms with Gasteiger partial charge in [-0.2, -0.15) is 0 Å². The van der Waals surface area contributed by atoms with E-state index in [1.165, 1.54) is 32.2 Å². The smallest absolute Gasteiger partial charge is 0.270 e. The number of amides is 1. The second kappa shape index (κ2) is 6.25. The van der Waals surface area contributed by atoms with Crippen LogP contribution in [0.5, 0.6) is 5.75 Å². The van der Waals surface area contributed by atoms with E-state index in [2.05, 4.69) is 17.2 Å². The Morgan fingerprint density at radius 1 is 1.56 bits per heavy atom. The van der Waals surface area contributed by atoms with Crippen LogP contribution >= 0.6 is 0 Å². The number of nitrogens with zero attached hydrogens (tertiary/aromatic N) is 1. The maximum Gasteiger partial charge on any atom is 0.270 e. The van der Waals surface area contributed by atoms with Crippen molar-refractivity contribution in [3.63, 3.8) is 0 Å². The molecule has 0 aliphatic rings. The molecule has 1 amide bonds. The van der Waals surface area contributed by atoms with Gasteiger partial charge in [0.05, 0.1) is 24.1 Å². The van der Waals surface area contributed by atoms with Crippen LogP contribution < -0.4 is 10.1 Å². The van der Waals surface area contributed by atoms with E-state index in [9.17, 15) is 14.9 Å². The minimum absolute atomic E-state index is 0.0559. The number of carbonyl (C=O) groups excluding carboxylic acids is 1. The van der Waals surface area contributed by atoms with Gasteiger partial charge in [-0.15, -0.1) is 0 Å². The molecule has 0 radical (unpaired) electrons. The number of hydrogen-bond acceptors (Lipinski definition) is 4. The molecule has 0 spiro atoms. The number of nitrogens with one attached hydrogen (secondary N) is 1. The molecular formula is C12H12N2O4. The maximum atomic E-state index is 10.6. The molecule has 0 aromatic heterocycles. The quantitative estimate of drug-likeness (QED) is 0.493. The number of nitro groups is 1. The van der Waals surface area contributed by atoms with Gasteiger partial charge in [0.1, 0.15) is 5.75 Å². The SMILES string of the molecule is COc1ccc([N+](=O)[O-])cc1C#CCNC(C)=O. The largest absolute Gasteiger partial charge is 0.495 e. The van der Waals surface area contributed by atoms with Crippen LogP contribution in [0.3, 0.4) is 0 Å². The van der Waals surface area contributed by atoms with Crippen molar-refractivity contribution >= 4 is 11.6 Å². The summed E-state index contributed by atoms with van der Waals surface area (Å²) in [5.41, 5.74) is 0.358. The van der Waals surface area contributed by atoms with Gasteiger partial charge in [-0.3, -0.25) is 14.9 Å². The maximum absolute atomic E-state index is 10.6. The molecule has 0 fully saturated rings. The van der Waals surface area contributed by atoms with Crippen LogP contribution in [-0.4, -0.2) is 24.5 Å². The highest BCUT2D eigenvalue weighted by Gasteiger charge is 2.09. The van der Waals surface area contributed by atoms with Gasteiger partial charge in [0, 0.05) is 19.1 Å². The second-order valence-electron chi connectivity index (χ2n) is 3.35. The third kappa shape index (κ3) is 3.79. The average Bonchev–Trinajstić information content (AvgIpc) is 2.34. The van der Waals surface area contributed by atoms with Gasteiger partial charge in [-0.1, -0.05) is 11.8 Å². The first kappa shape index (κ1) is 13.5. The van der Waals surface area contributed by atoms with Crippen molar-refractivity contribution in [2.75, 3.05) is 13.7 Å². The van der Waals surface area contributed by atoms with Gasteiger partial charge in [-0.25, -0.2) is 0 Å². The van der Waals surface area contributed by atoms with E-state index in [1.54, 1.807) is 0 Å². The zero-order chi connectivity index (χ0) is 13.5. The Morgan fingerprint density at radius 2 is 2.28 bits per heavy atom. The minimum Gasteiger partial charge on any atom is -0.495 e. The molecule has 1 aromatic carbocycles. The summed E-state index contributed by atoms with van der Waals surface area (Å²) in [6.45, 7) is 1.57. The molecule has 6 nitrogen and oxygen atoms in total. The Labute approximate surface area is 104 Å². The van der Waals surface area contributed by atoms with Crippen molar-refractivity contribution in [3.05, 3.63) is 33.9 Å². The lowest BCUT2D eigenvalue weighted by molar-refractivity contribution is -0.384. The molecule has 0 aliphatic heterocycles. The summed E-state index contributed by atoms with van der Waals surface area (Å²) >= 11 is 0. The van der Waals surface area contributed by atoms with Crippen LogP contribution in [-0.2, 0) is 4.79 Å². The van der Waals surface area contributed by atoms with E-state index >= 15 is 0 Å². The van der Waals surface area contributed by atoms with E-state index in [0.29, 0.717) is 11.3 Å². The molecule has 6 heteroatoms. The lowest BCUT2D eigenvalue weighted by Gasteiger charge is -2.02. The number of ether oxygens (including phenoxy) is 1. The van der Waals surface area contributed by atoms with E-state index in [0.717, 1.165) is 0 Å². The highest BCUT2D eigenvalue weighted by Crippen LogP contribution is 2.22. The van der Waals surface area contributed by atoms with Gasteiger partial charge in [-0.05, 0) is 6.07 Å². The van der Waals surface area contributed by atoms with Crippen LogP contribution in [0.25, 0.3) is 0 Å².